The first-order valence-electron chi connectivity index (χ1n) is 4.08. The van der Waals surface area contributed by atoms with Crippen molar-refractivity contribution in [2.24, 2.45) is 0 Å². The minimum atomic E-state index is -0.155. The minimum Gasteiger partial charge on any atom is -0.362 e. The van der Waals surface area contributed by atoms with Gasteiger partial charge >= 0.3 is 0 Å². The van der Waals surface area contributed by atoms with E-state index in [1.807, 2.05) is 6.92 Å². The Morgan fingerprint density at radius 3 is 3.15 bits per heavy atom. The second-order valence-electron chi connectivity index (χ2n) is 2.52. The average molecular weight is 183 g/mol. The van der Waals surface area contributed by atoms with Crippen LogP contribution < -0.4 is 5.32 Å². The number of ether oxygens (including phenoxy) is 1. The van der Waals surface area contributed by atoms with Gasteiger partial charge in [0.2, 0.25) is 0 Å². The fraction of sp³-hybridized carbons (Fsp3) is 0.500. The number of amides is 1. The molecule has 0 aliphatic carbocycles. The number of aromatic nitrogens is 2. The molecule has 1 aromatic heterocycles. The molecule has 0 radical (unpaired) electrons. The van der Waals surface area contributed by atoms with Crippen LogP contribution in [0.2, 0.25) is 0 Å². The number of carbonyl (C=O) groups is 1. The Hall–Kier alpha value is -1.36. The van der Waals surface area contributed by atoms with Crippen molar-refractivity contribution in [1.82, 2.24) is 15.1 Å². The van der Waals surface area contributed by atoms with Crippen molar-refractivity contribution in [3.63, 3.8) is 0 Å². The summed E-state index contributed by atoms with van der Waals surface area (Å²) < 4.78 is 6.41. The molecule has 0 bridgehead atoms. The van der Waals surface area contributed by atoms with Crippen molar-refractivity contribution in [3.8, 4) is 0 Å². The molecule has 1 rings (SSSR count). The first kappa shape index (κ1) is 9.73. The summed E-state index contributed by atoms with van der Waals surface area (Å²) in [5, 5.41) is 6.66. The Morgan fingerprint density at radius 2 is 2.54 bits per heavy atom. The highest BCUT2D eigenvalue weighted by Crippen LogP contribution is 1.95. The molecule has 0 spiro atoms. The van der Waals surface area contributed by atoms with E-state index in [2.05, 4.69) is 10.4 Å². The molecule has 1 amide bonds. The molecule has 0 saturated heterocycles. The molecule has 5 nitrogen and oxygen atoms in total. The van der Waals surface area contributed by atoms with Gasteiger partial charge in [0.1, 0.15) is 12.4 Å². The van der Waals surface area contributed by atoms with Crippen molar-refractivity contribution in [3.05, 3.63) is 18.0 Å². The van der Waals surface area contributed by atoms with Crippen LogP contribution in [0.25, 0.3) is 0 Å². The van der Waals surface area contributed by atoms with Crippen LogP contribution in [0.4, 0.5) is 0 Å². The van der Waals surface area contributed by atoms with E-state index >= 15 is 0 Å². The van der Waals surface area contributed by atoms with Gasteiger partial charge in [-0.15, -0.1) is 0 Å². The Labute approximate surface area is 76.7 Å². The molecule has 1 N–H and O–H groups in total. The SMILES string of the molecule is CCNC(=O)c1ccn(COC)n1. The lowest BCUT2D eigenvalue weighted by Gasteiger charge is -1.98. The van der Waals surface area contributed by atoms with Gasteiger partial charge in [0.25, 0.3) is 5.91 Å². The van der Waals surface area contributed by atoms with E-state index in [0.717, 1.165) is 0 Å². The molecule has 0 aliphatic heterocycles. The van der Waals surface area contributed by atoms with Crippen LogP contribution in [0.15, 0.2) is 12.3 Å². The molecular formula is C8H13N3O2. The van der Waals surface area contributed by atoms with Gasteiger partial charge in [0.05, 0.1) is 0 Å². The molecule has 5 heteroatoms. The summed E-state index contributed by atoms with van der Waals surface area (Å²) >= 11 is 0. The lowest BCUT2D eigenvalue weighted by atomic mass is 10.4. The van der Waals surface area contributed by atoms with Crippen molar-refractivity contribution in [1.29, 1.82) is 0 Å². The van der Waals surface area contributed by atoms with Crippen LogP contribution in [0, 0.1) is 0 Å². The summed E-state index contributed by atoms with van der Waals surface area (Å²) in [7, 11) is 1.58. The molecule has 0 saturated carbocycles. The third-order valence-corrected chi connectivity index (χ3v) is 1.47. The number of methoxy groups -OCH3 is 1. The normalized spacial score (nSPS) is 10.0. The molecular weight excluding hydrogens is 170 g/mol. The van der Waals surface area contributed by atoms with Crippen molar-refractivity contribution < 1.29 is 9.53 Å². The Balaban J connectivity index is 2.62. The zero-order valence-electron chi connectivity index (χ0n) is 7.78. The van der Waals surface area contributed by atoms with Gasteiger partial charge in [-0.25, -0.2) is 4.68 Å². The second kappa shape index (κ2) is 4.61. The topological polar surface area (TPSA) is 56.2 Å². The average Bonchev–Trinajstić information content (AvgIpc) is 2.54. The Kier molecular flexibility index (Phi) is 3.45. The molecule has 72 valence electrons. The zero-order chi connectivity index (χ0) is 9.68. The standard InChI is InChI=1S/C8H13N3O2/c1-3-9-8(12)7-4-5-11(10-7)6-13-2/h4-5H,3,6H2,1-2H3,(H,9,12). The van der Waals surface area contributed by atoms with E-state index in [9.17, 15) is 4.79 Å². The summed E-state index contributed by atoms with van der Waals surface area (Å²) in [6.45, 7) is 2.83. The number of nitrogens with one attached hydrogen (secondary N) is 1. The summed E-state index contributed by atoms with van der Waals surface area (Å²) in [6.07, 6.45) is 1.70. The molecule has 13 heavy (non-hydrogen) atoms. The quantitative estimate of drug-likeness (QED) is 0.727. The summed E-state index contributed by atoms with van der Waals surface area (Å²) in [4.78, 5) is 11.2. The van der Waals surface area contributed by atoms with E-state index in [0.29, 0.717) is 19.0 Å². The van der Waals surface area contributed by atoms with E-state index in [1.54, 1.807) is 24.1 Å². The first-order valence-corrected chi connectivity index (χ1v) is 4.08. The second-order valence-corrected chi connectivity index (χ2v) is 2.52. The lowest BCUT2D eigenvalue weighted by molar-refractivity contribution is 0.0943. The van der Waals surface area contributed by atoms with Gasteiger partial charge in [-0.2, -0.15) is 5.10 Å². The summed E-state index contributed by atoms with van der Waals surface area (Å²) in [5.41, 5.74) is 0.416. The maximum Gasteiger partial charge on any atom is 0.271 e. The van der Waals surface area contributed by atoms with Crippen LogP contribution in [-0.2, 0) is 11.5 Å². The van der Waals surface area contributed by atoms with Gasteiger partial charge in [0.15, 0.2) is 0 Å². The van der Waals surface area contributed by atoms with E-state index in [-0.39, 0.29) is 5.91 Å². The van der Waals surface area contributed by atoms with Gasteiger partial charge in [-0.1, -0.05) is 0 Å². The van der Waals surface area contributed by atoms with Gasteiger partial charge in [0, 0.05) is 19.9 Å². The zero-order valence-corrected chi connectivity index (χ0v) is 7.78. The smallest absolute Gasteiger partial charge is 0.271 e. The number of carbonyl (C=O) groups excluding carboxylic acids is 1. The maximum atomic E-state index is 11.2. The fourth-order valence-corrected chi connectivity index (χ4v) is 0.938. The van der Waals surface area contributed by atoms with E-state index < -0.39 is 0 Å². The number of hydrogen-bond acceptors (Lipinski definition) is 3. The predicted molar refractivity (Wildman–Crippen MR) is 47.2 cm³/mol. The first-order chi connectivity index (χ1) is 6.27. The fourth-order valence-electron chi connectivity index (χ4n) is 0.938. The van der Waals surface area contributed by atoms with Gasteiger partial charge < -0.3 is 10.1 Å². The van der Waals surface area contributed by atoms with E-state index in [4.69, 9.17) is 4.74 Å². The van der Waals surface area contributed by atoms with E-state index in [1.165, 1.54) is 0 Å². The summed E-state index contributed by atoms with van der Waals surface area (Å²) in [6, 6.07) is 1.66. The molecule has 1 heterocycles. The van der Waals surface area contributed by atoms with Crippen LogP contribution >= 0.6 is 0 Å². The molecule has 0 aromatic carbocycles. The third kappa shape index (κ3) is 2.55. The van der Waals surface area contributed by atoms with Crippen molar-refractivity contribution >= 4 is 5.91 Å². The summed E-state index contributed by atoms with van der Waals surface area (Å²) in [5.74, 6) is -0.155. The number of nitrogens with zero attached hydrogens (tertiary/aromatic N) is 2. The minimum absolute atomic E-state index is 0.155. The van der Waals surface area contributed by atoms with Crippen LogP contribution in [0.5, 0.6) is 0 Å². The van der Waals surface area contributed by atoms with Crippen LogP contribution in [-0.4, -0.2) is 29.3 Å². The number of rotatable bonds is 4. The maximum absolute atomic E-state index is 11.2. The van der Waals surface area contributed by atoms with Crippen molar-refractivity contribution in [2.45, 2.75) is 13.7 Å². The highest BCUT2D eigenvalue weighted by Gasteiger charge is 2.06. The van der Waals surface area contributed by atoms with Crippen LogP contribution in [0.3, 0.4) is 0 Å². The number of hydrogen-bond donors (Lipinski definition) is 1. The molecule has 1 aromatic rings. The highest BCUT2D eigenvalue weighted by molar-refractivity contribution is 5.92. The highest BCUT2D eigenvalue weighted by atomic mass is 16.5. The molecule has 0 aliphatic rings. The predicted octanol–water partition coefficient (Wildman–Crippen LogP) is 0.237. The Bertz CT molecular complexity index is 283. The third-order valence-electron chi connectivity index (χ3n) is 1.47. The van der Waals surface area contributed by atoms with Gasteiger partial charge in [-0.05, 0) is 13.0 Å². The molecule has 0 atom stereocenters. The monoisotopic (exact) mass is 183 g/mol. The van der Waals surface area contributed by atoms with Gasteiger partial charge in [-0.3, -0.25) is 4.79 Å². The van der Waals surface area contributed by atoms with Crippen LogP contribution in [0.1, 0.15) is 17.4 Å². The molecule has 0 fully saturated rings. The lowest BCUT2D eigenvalue weighted by Crippen LogP contribution is -2.23. The molecule has 0 unspecified atom stereocenters. The Morgan fingerprint density at radius 1 is 1.77 bits per heavy atom. The largest absolute Gasteiger partial charge is 0.362 e. The van der Waals surface area contributed by atoms with Crippen molar-refractivity contribution in [2.75, 3.05) is 13.7 Å².